The lowest BCUT2D eigenvalue weighted by molar-refractivity contribution is -0.140. The molecule has 4 aliphatic rings. The normalized spacial score (nSPS) is 33.0. The fourth-order valence-corrected chi connectivity index (χ4v) is 4.40. The Bertz CT molecular complexity index is 680. The van der Waals surface area contributed by atoms with Crippen molar-refractivity contribution in [2.75, 3.05) is 0 Å². The Labute approximate surface area is 142 Å². The van der Waals surface area contributed by atoms with Gasteiger partial charge in [0.25, 0.3) is 11.8 Å². The zero-order chi connectivity index (χ0) is 15.3. The van der Waals surface area contributed by atoms with Gasteiger partial charge in [-0.25, -0.2) is 0 Å². The third-order valence-electron chi connectivity index (χ3n) is 4.95. The molecule has 0 N–H and O–H groups in total. The Kier molecular flexibility index (Phi) is 3.40. The molecule has 1 saturated heterocycles. The van der Waals surface area contributed by atoms with Gasteiger partial charge in [0.15, 0.2) is 0 Å². The fraction of sp³-hybridized carbons (Fsp3) is 0.353. The average Bonchev–Trinajstić information content (AvgIpc) is 2.82. The first-order chi connectivity index (χ1) is 10.7. The Balaban J connectivity index is 1.63. The molecule has 0 unspecified atom stereocenters. The van der Waals surface area contributed by atoms with Crippen LogP contribution in [0.25, 0.3) is 0 Å². The number of imide groups is 1. The number of fused-ring (bicyclic) bond motifs is 1. The van der Waals surface area contributed by atoms with Gasteiger partial charge in [-0.2, -0.15) is 10.1 Å². The van der Waals surface area contributed by atoms with Crippen molar-refractivity contribution in [2.24, 2.45) is 28.8 Å². The van der Waals surface area contributed by atoms with Crippen LogP contribution in [0.2, 0.25) is 0 Å². The maximum absolute atomic E-state index is 12.6. The zero-order valence-electron chi connectivity index (χ0n) is 11.9. The van der Waals surface area contributed by atoms with Crippen LogP contribution in [0.3, 0.4) is 0 Å². The van der Waals surface area contributed by atoms with Crippen molar-refractivity contribution in [3.05, 3.63) is 45.6 Å². The molecular weight excluding hydrogens is 391 g/mol. The molecule has 1 aliphatic heterocycles. The van der Waals surface area contributed by atoms with Gasteiger partial charge in [0.2, 0.25) is 0 Å². The van der Waals surface area contributed by atoms with Crippen molar-refractivity contribution in [1.82, 2.24) is 5.01 Å². The van der Waals surface area contributed by atoms with E-state index in [9.17, 15) is 9.59 Å². The maximum Gasteiger partial charge on any atom is 0.254 e. The van der Waals surface area contributed by atoms with E-state index in [2.05, 4.69) is 39.8 Å². The second-order valence-electron chi connectivity index (χ2n) is 6.10. The first kappa shape index (κ1) is 14.1. The molecule has 1 aromatic carbocycles. The van der Waals surface area contributed by atoms with Crippen LogP contribution >= 0.6 is 22.6 Å². The van der Waals surface area contributed by atoms with Gasteiger partial charge in [-0.3, -0.25) is 9.59 Å². The third-order valence-corrected chi connectivity index (χ3v) is 5.94. The number of hydrogen-bond acceptors (Lipinski definition) is 3. The number of nitrogens with zero attached hydrogens (tertiary/aromatic N) is 2. The van der Waals surface area contributed by atoms with E-state index in [0.29, 0.717) is 0 Å². The van der Waals surface area contributed by atoms with E-state index in [1.807, 2.05) is 24.3 Å². The molecule has 4 nitrogen and oxygen atoms in total. The van der Waals surface area contributed by atoms with Crippen LogP contribution < -0.4 is 0 Å². The van der Waals surface area contributed by atoms with Crippen LogP contribution in [0.4, 0.5) is 0 Å². The van der Waals surface area contributed by atoms with E-state index in [1.54, 1.807) is 6.21 Å². The second-order valence-corrected chi connectivity index (χ2v) is 7.26. The van der Waals surface area contributed by atoms with Crippen molar-refractivity contribution < 1.29 is 9.59 Å². The van der Waals surface area contributed by atoms with Gasteiger partial charge in [0.05, 0.1) is 18.1 Å². The summed E-state index contributed by atoms with van der Waals surface area (Å²) in [5, 5.41) is 5.32. The summed E-state index contributed by atoms with van der Waals surface area (Å²) in [4.78, 5) is 25.2. The molecule has 2 fully saturated rings. The molecule has 22 heavy (non-hydrogen) atoms. The first-order valence-electron chi connectivity index (χ1n) is 7.51. The summed E-state index contributed by atoms with van der Waals surface area (Å²) >= 11 is 2.22. The van der Waals surface area contributed by atoms with E-state index in [1.165, 1.54) is 0 Å². The van der Waals surface area contributed by atoms with Crippen molar-refractivity contribution in [1.29, 1.82) is 0 Å². The van der Waals surface area contributed by atoms with Gasteiger partial charge in [-0.05, 0) is 53.3 Å². The van der Waals surface area contributed by atoms with Gasteiger partial charge in [-0.15, -0.1) is 0 Å². The molecule has 0 aromatic heterocycles. The molecule has 0 radical (unpaired) electrons. The van der Waals surface area contributed by atoms with Crippen molar-refractivity contribution in [3.8, 4) is 0 Å². The van der Waals surface area contributed by atoms with Crippen LogP contribution in [-0.4, -0.2) is 23.0 Å². The number of carbonyl (C=O) groups excluding carboxylic acids is 2. The number of allylic oxidation sites excluding steroid dienone is 2. The Morgan fingerprint density at radius 1 is 1.05 bits per heavy atom. The van der Waals surface area contributed by atoms with Gasteiger partial charge >= 0.3 is 0 Å². The number of carbonyl (C=O) groups is 2. The zero-order valence-corrected chi connectivity index (χ0v) is 14.0. The summed E-state index contributed by atoms with van der Waals surface area (Å²) in [6, 6.07) is 7.76. The fourth-order valence-electron chi connectivity index (χ4n) is 3.87. The number of rotatable bonds is 2. The molecule has 5 rings (SSSR count). The molecule has 2 amide bonds. The van der Waals surface area contributed by atoms with Gasteiger partial charge in [0, 0.05) is 9.13 Å². The number of hydrazone groups is 1. The summed E-state index contributed by atoms with van der Waals surface area (Å²) in [5.74, 6) is -0.217. The van der Waals surface area contributed by atoms with Crippen LogP contribution in [0.15, 0.2) is 41.5 Å². The predicted molar refractivity (Wildman–Crippen MR) is 90.9 cm³/mol. The monoisotopic (exact) mass is 406 g/mol. The van der Waals surface area contributed by atoms with Crippen molar-refractivity contribution in [3.63, 3.8) is 0 Å². The van der Waals surface area contributed by atoms with Crippen LogP contribution in [0, 0.1) is 27.2 Å². The van der Waals surface area contributed by atoms with Crippen molar-refractivity contribution in [2.45, 2.75) is 12.8 Å². The van der Waals surface area contributed by atoms with E-state index < -0.39 is 0 Å². The molecule has 5 heteroatoms. The highest BCUT2D eigenvalue weighted by Crippen LogP contribution is 2.49. The highest BCUT2D eigenvalue weighted by atomic mass is 127. The van der Waals surface area contributed by atoms with E-state index in [0.717, 1.165) is 27.0 Å². The minimum absolute atomic E-state index is 0.128. The SMILES string of the molecule is O=C1[C@@H]2[C@@H](C(=O)N1/N=C\c1ccccc1I)[C@H]1C=C[C@H]2CC1. The van der Waals surface area contributed by atoms with Crippen LogP contribution in [0.5, 0.6) is 0 Å². The van der Waals surface area contributed by atoms with Gasteiger partial charge in [-0.1, -0.05) is 30.4 Å². The lowest BCUT2D eigenvalue weighted by Gasteiger charge is -2.37. The minimum Gasteiger partial charge on any atom is -0.272 e. The summed E-state index contributed by atoms with van der Waals surface area (Å²) in [6.07, 6.45) is 7.87. The highest BCUT2D eigenvalue weighted by Gasteiger charge is 2.56. The Hall–Kier alpha value is -1.50. The van der Waals surface area contributed by atoms with Gasteiger partial charge in [0.1, 0.15) is 0 Å². The van der Waals surface area contributed by atoms with E-state index >= 15 is 0 Å². The van der Waals surface area contributed by atoms with Gasteiger partial charge < -0.3 is 0 Å². The predicted octanol–water partition coefficient (Wildman–Crippen LogP) is 2.82. The molecule has 112 valence electrons. The standard InChI is InChI=1S/C17H15IN2O2/c18-13-4-2-1-3-12(13)9-19-20-16(21)14-10-5-6-11(8-7-10)15(14)17(20)22/h1-6,9-11,14-15H,7-8H2/b19-9-/t10-,11-,14-,15-/m0/s1. The lowest BCUT2D eigenvalue weighted by Crippen LogP contribution is -2.38. The van der Waals surface area contributed by atoms with Crippen LogP contribution in [-0.2, 0) is 9.59 Å². The summed E-state index contributed by atoms with van der Waals surface area (Å²) in [6.45, 7) is 0. The second kappa shape index (κ2) is 5.30. The summed E-state index contributed by atoms with van der Waals surface area (Å²) in [5.41, 5.74) is 0.916. The quantitative estimate of drug-likeness (QED) is 0.328. The number of halogens is 1. The molecule has 1 heterocycles. The molecule has 0 spiro atoms. The lowest BCUT2D eigenvalue weighted by atomic mass is 9.63. The Morgan fingerprint density at radius 3 is 2.18 bits per heavy atom. The first-order valence-corrected chi connectivity index (χ1v) is 8.59. The third kappa shape index (κ3) is 2.06. The average molecular weight is 406 g/mol. The Morgan fingerprint density at radius 2 is 1.64 bits per heavy atom. The van der Waals surface area contributed by atoms with Crippen molar-refractivity contribution >= 4 is 40.6 Å². The van der Waals surface area contributed by atoms with Crippen LogP contribution in [0.1, 0.15) is 18.4 Å². The minimum atomic E-state index is -0.191. The molecule has 3 aliphatic carbocycles. The molecule has 2 bridgehead atoms. The number of amides is 2. The smallest absolute Gasteiger partial charge is 0.254 e. The number of hydrogen-bond donors (Lipinski definition) is 0. The highest BCUT2D eigenvalue weighted by molar-refractivity contribution is 14.1. The topological polar surface area (TPSA) is 49.7 Å². The summed E-state index contributed by atoms with van der Waals surface area (Å²) in [7, 11) is 0. The van der Waals surface area contributed by atoms with E-state index in [-0.39, 0.29) is 35.5 Å². The molecular formula is C17H15IN2O2. The molecule has 1 aromatic rings. The molecule has 4 atom stereocenters. The van der Waals surface area contributed by atoms with E-state index in [4.69, 9.17) is 0 Å². The largest absolute Gasteiger partial charge is 0.272 e. The number of benzene rings is 1. The maximum atomic E-state index is 12.6. The molecule has 1 saturated carbocycles. The summed E-state index contributed by atoms with van der Waals surface area (Å²) < 4.78 is 1.04.